The van der Waals surface area contributed by atoms with E-state index in [1.54, 1.807) is 6.07 Å². The first kappa shape index (κ1) is 16.8. The smallest absolute Gasteiger partial charge is 0.333 e. The molecule has 0 saturated carbocycles. The van der Waals surface area contributed by atoms with Gasteiger partial charge in [0.2, 0.25) is 5.91 Å². The molecule has 1 amide bonds. The normalized spacial score (nSPS) is 13.6. The summed E-state index contributed by atoms with van der Waals surface area (Å²) >= 11 is 11.7. The highest BCUT2D eigenvalue weighted by atomic mass is 35.5. The summed E-state index contributed by atoms with van der Waals surface area (Å²) in [6.07, 6.45) is 1.87. The van der Waals surface area contributed by atoms with Gasteiger partial charge in [0.05, 0.1) is 10.0 Å². The number of carbonyl (C=O) groups excluding carboxylic acids is 1. The van der Waals surface area contributed by atoms with Crippen LogP contribution in [0.4, 0.5) is 0 Å². The predicted octanol–water partition coefficient (Wildman–Crippen LogP) is 3.60. The van der Waals surface area contributed by atoms with Crippen molar-refractivity contribution >= 4 is 35.1 Å². The minimum Gasteiger partial charge on any atom is -0.479 e. The largest absolute Gasteiger partial charge is 0.479 e. The van der Waals surface area contributed by atoms with Crippen molar-refractivity contribution in [1.29, 1.82) is 0 Å². The van der Waals surface area contributed by atoms with E-state index in [1.807, 2.05) is 6.92 Å². The number of amides is 1. The van der Waals surface area contributed by atoms with E-state index >= 15 is 0 Å². The van der Waals surface area contributed by atoms with Crippen molar-refractivity contribution in [2.24, 2.45) is 0 Å². The van der Waals surface area contributed by atoms with Crippen LogP contribution in [0.3, 0.4) is 0 Å². The number of aliphatic carboxylic acids is 1. The van der Waals surface area contributed by atoms with E-state index in [4.69, 9.17) is 23.2 Å². The molecule has 20 heavy (non-hydrogen) atoms. The summed E-state index contributed by atoms with van der Waals surface area (Å²) in [5.74, 6) is -1.46. The van der Waals surface area contributed by atoms with Crippen LogP contribution >= 0.6 is 23.2 Å². The number of rotatable bonds is 6. The second-order valence-electron chi connectivity index (χ2n) is 4.71. The monoisotopic (exact) mass is 317 g/mol. The van der Waals surface area contributed by atoms with Crippen LogP contribution in [0.2, 0.25) is 10.0 Å². The molecule has 0 aliphatic rings. The fourth-order valence-electron chi connectivity index (χ4n) is 1.73. The minimum absolute atomic E-state index is 0.249. The van der Waals surface area contributed by atoms with Crippen LogP contribution in [0.25, 0.3) is 0 Å². The van der Waals surface area contributed by atoms with E-state index in [0.29, 0.717) is 23.4 Å². The zero-order valence-electron chi connectivity index (χ0n) is 11.4. The Balaban J connectivity index is 3.05. The van der Waals surface area contributed by atoms with Crippen molar-refractivity contribution in [2.45, 2.75) is 38.6 Å². The lowest BCUT2D eigenvalue weighted by molar-refractivity contribution is -0.147. The van der Waals surface area contributed by atoms with E-state index in [-0.39, 0.29) is 10.9 Å². The maximum Gasteiger partial charge on any atom is 0.333 e. The van der Waals surface area contributed by atoms with Crippen LogP contribution < -0.4 is 5.32 Å². The van der Waals surface area contributed by atoms with Crippen molar-refractivity contribution in [2.75, 3.05) is 0 Å². The Labute approximate surface area is 128 Å². The lowest BCUT2D eigenvalue weighted by Crippen LogP contribution is -2.49. The zero-order valence-corrected chi connectivity index (χ0v) is 12.9. The SMILES string of the molecule is CCCCC(=O)NC(C)(C(=O)O)c1ccc(Cl)c(Cl)c1. The van der Waals surface area contributed by atoms with Crippen LogP contribution in [0.1, 0.15) is 38.7 Å². The van der Waals surface area contributed by atoms with Gasteiger partial charge in [-0.05, 0) is 31.0 Å². The van der Waals surface area contributed by atoms with E-state index in [1.165, 1.54) is 19.1 Å². The summed E-state index contributed by atoms with van der Waals surface area (Å²) in [6, 6.07) is 4.51. The molecule has 2 N–H and O–H groups in total. The summed E-state index contributed by atoms with van der Waals surface area (Å²) in [5.41, 5.74) is -1.15. The summed E-state index contributed by atoms with van der Waals surface area (Å²) < 4.78 is 0. The number of carboxylic acids is 1. The molecule has 4 nitrogen and oxygen atoms in total. The summed E-state index contributed by atoms with van der Waals surface area (Å²) in [4.78, 5) is 23.4. The fraction of sp³-hybridized carbons (Fsp3) is 0.429. The van der Waals surface area contributed by atoms with E-state index < -0.39 is 11.5 Å². The number of nitrogens with one attached hydrogen (secondary N) is 1. The summed E-state index contributed by atoms with van der Waals surface area (Å²) in [7, 11) is 0. The molecule has 0 fully saturated rings. The number of hydrogen-bond acceptors (Lipinski definition) is 2. The highest BCUT2D eigenvalue weighted by Gasteiger charge is 2.37. The molecule has 0 spiro atoms. The Morgan fingerprint density at radius 3 is 2.45 bits per heavy atom. The molecular weight excluding hydrogens is 301 g/mol. The van der Waals surface area contributed by atoms with E-state index in [0.717, 1.165) is 6.42 Å². The molecule has 1 unspecified atom stereocenters. The van der Waals surface area contributed by atoms with Gasteiger partial charge in [0.25, 0.3) is 0 Å². The van der Waals surface area contributed by atoms with Crippen LogP contribution in [0.15, 0.2) is 18.2 Å². The first-order valence-electron chi connectivity index (χ1n) is 6.31. The molecule has 110 valence electrons. The van der Waals surface area contributed by atoms with Gasteiger partial charge in [0.15, 0.2) is 5.54 Å². The Morgan fingerprint density at radius 1 is 1.30 bits per heavy atom. The quantitative estimate of drug-likeness (QED) is 0.842. The molecule has 0 aromatic heterocycles. The molecule has 1 rings (SSSR count). The Kier molecular flexibility index (Phi) is 5.84. The summed E-state index contributed by atoms with van der Waals surface area (Å²) in [5, 5.41) is 12.6. The third-order valence-corrected chi connectivity index (χ3v) is 3.81. The molecular formula is C14H17Cl2NO3. The van der Waals surface area contributed by atoms with Gasteiger partial charge in [-0.25, -0.2) is 4.79 Å². The summed E-state index contributed by atoms with van der Waals surface area (Å²) in [6.45, 7) is 3.39. The van der Waals surface area contributed by atoms with Gasteiger partial charge in [-0.2, -0.15) is 0 Å². The number of unbranched alkanes of at least 4 members (excludes halogenated alkanes) is 1. The fourth-order valence-corrected chi connectivity index (χ4v) is 2.03. The van der Waals surface area contributed by atoms with Gasteiger partial charge in [0, 0.05) is 6.42 Å². The molecule has 0 saturated heterocycles. The van der Waals surface area contributed by atoms with Crippen molar-refractivity contribution in [1.82, 2.24) is 5.32 Å². The maximum absolute atomic E-state index is 11.8. The van der Waals surface area contributed by atoms with Crippen molar-refractivity contribution in [3.05, 3.63) is 33.8 Å². The van der Waals surface area contributed by atoms with Gasteiger partial charge < -0.3 is 10.4 Å². The molecule has 1 atom stereocenters. The average molecular weight is 318 g/mol. The van der Waals surface area contributed by atoms with Crippen molar-refractivity contribution < 1.29 is 14.7 Å². The average Bonchev–Trinajstić information content (AvgIpc) is 2.39. The highest BCUT2D eigenvalue weighted by molar-refractivity contribution is 6.42. The maximum atomic E-state index is 11.8. The first-order chi connectivity index (χ1) is 9.31. The van der Waals surface area contributed by atoms with E-state index in [2.05, 4.69) is 5.32 Å². The standard InChI is InChI=1S/C14H17Cl2NO3/c1-3-4-5-12(18)17-14(2,13(19)20)9-6-7-10(15)11(16)8-9/h6-8H,3-5H2,1-2H3,(H,17,18)(H,19,20). The highest BCUT2D eigenvalue weighted by Crippen LogP contribution is 2.29. The minimum atomic E-state index is -1.53. The topological polar surface area (TPSA) is 66.4 Å². The predicted molar refractivity (Wildman–Crippen MR) is 79.1 cm³/mol. The number of halogens is 2. The first-order valence-corrected chi connectivity index (χ1v) is 7.06. The van der Waals surface area contributed by atoms with Crippen molar-refractivity contribution in [3.8, 4) is 0 Å². The van der Waals surface area contributed by atoms with Crippen LogP contribution in [0.5, 0.6) is 0 Å². The van der Waals surface area contributed by atoms with Gasteiger partial charge in [-0.3, -0.25) is 4.79 Å². The lowest BCUT2D eigenvalue weighted by atomic mass is 9.91. The molecule has 0 aliphatic carbocycles. The van der Waals surface area contributed by atoms with Crippen LogP contribution in [-0.2, 0) is 15.1 Å². The Morgan fingerprint density at radius 2 is 1.95 bits per heavy atom. The van der Waals surface area contributed by atoms with Gasteiger partial charge >= 0.3 is 5.97 Å². The molecule has 0 radical (unpaired) electrons. The molecule has 1 aromatic carbocycles. The van der Waals surface area contributed by atoms with Gasteiger partial charge in [-0.15, -0.1) is 0 Å². The Hall–Kier alpha value is -1.26. The van der Waals surface area contributed by atoms with Crippen LogP contribution in [-0.4, -0.2) is 17.0 Å². The Bertz CT molecular complexity index is 519. The second-order valence-corrected chi connectivity index (χ2v) is 5.53. The zero-order chi connectivity index (χ0) is 15.3. The lowest BCUT2D eigenvalue weighted by Gasteiger charge is -2.27. The number of hydrogen-bond donors (Lipinski definition) is 2. The second kappa shape index (κ2) is 6.95. The van der Waals surface area contributed by atoms with Crippen LogP contribution in [0, 0.1) is 0 Å². The molecule has 6 heteroatoms. The molecule has 0 aliphatic heterocycles. The number of carbonyl (C=O) groups is 2. The molecule has 0 heterocycles. The molecule has 0 bridgehead atoms. The number of benzene rings is 1. The van der Waals surface area contributed by atoms with Crippen molar-refractivity contribution in [3.63, 3.8) is 0 Å². The molecule has 1 aromatic rings. The number of carboxylic acid groups (broad SMARTS) is 1. The van der Waals surface area contributed by atoms with Gasteiger partial charge in [0.1, 0.15) is 0 Å². The van der Waals surface area contributed by atoms with E-state index in [9.17, 15) is 14.7 Å². The third kappa shape index (κ3) is 3.87. The van der Waals surface area contributed by atoms with Gasteiger partial charge in [-0.1, -0.05) is 42.6 Å². The third-order valence-electron chi connectivity index (χ3n) is 3.07.